The quantitative estimate of drug-likeness (QED) is 0.804. The first-order chi connectivity index (χ1) is 8.83. The molecule has 2 heteroatoms. The van der Waals surface area contributed by atoms with Gasteiger partial charge >= 0.3 is 0 Å². The summed E-state index contributed by atoms with van der Waals surface area (Å²) in [6, 6.07) is 10.3. The lowest BCUT2D eigenvalue weighted by molar-refractivity contribution is 0.0920. The Kier molecular flexibility index (Phi) is 4.78. The molecule has 1 aliphatic rings. The Hall–Kier alpha value is -1.33. The van der Waals surface area contributed by atoms with Crippen molar-refractivity contribution >= 4 is 0 Å². The van der Waals surface area contributed by atoms with E-state index >= 15 is 0 Å². The van der Waals surface area contributed by atoms with Crippen molar-refractivity contribution in [3.8, 4) is 6.07 Å². The molecule has 0 heterocycles. The molecule has 1 aliphatic carbocycles. The number of benzene rings is 1. The van der Waals surface area contributed by atoms with Gasteiger partial charge in [0.05, 0.1) is 11.6 Å². The molecule has 0 bridgehead atoms. The van der Waals surface area contributed by atoms with Crippen LogP contribution < -0.4 is 0 Å². The van der Waals surface area contributed by atoms with Crippen LogP contribution in [0.1, 0.15) is 49.7 Å². The number of ether oxygens (including phenoxy) is 1. The highest BCUT2D eigenvalue weighted by Crippen LogP contribution is 2.35. The molecule has 0 amide bonds. The molecule has 1 fully saturated rings. The van der Waals surface area contributed by atoms with E-state index in [1.807, 2.05) is 12.1 Å². The lowest BCUT2D eigenvalue weighted by atomic mass is 9.79. The Morgan fingerprint density at radius 2 is 1.83 bits per heavy atom. The van der Waals surface area contributed by atoms with Crippen LogP contribution in [-0.4, -0.2) is 13.2 Å². The first kappa shape index (κ1) is 13.1. The van der Waals surface area contributed by atoms with Crippen molar-refractivity contribution in [1.82, 2.24) is 0 Å². The monoisotopic (exact) mass is 243 g/mol. The summed E-state index contributed by atoms with van der Waals surface area (Å²) in [6.07, 6.45) is 5.04. The van der Waals surface area contributed by atoms with E-state index in [1.54, 1.807) is 0 Å². The third-order valence-electron chi connectivity index (χ3n) is 3.92. The molecule has 2 rings (SSSR count). The van der Waals surface area contributed by atoms with Gasteiger partial charge in [-0.15, -0.1) is 0 Å². The van der Waals surface area contributed by atoms with Gasteiger partial charge in [0.15, 0.2) is 0 Å². The molecule has 0 aliphatic heterocycles. The van der Waals surface area contributed by atoms with E-state index in [-0.39, 0.29) is 0 Å². The van der Waals surface area contributed by atoms with Gasteiger partial charge in [-0.3, -0.25) is 0 Å². The maximum absolute atomic E-state index is 8.79. The molecule has 0 saturated heterocycles. The van der Waals surface area contributed by atoms with Gasteiger partial charge in [-0.2, -0.15) is 5.26 Å². The number of hydrogen-bond donors (Lipinski definition) is 0. The maximum atomic E-state index is 8.79. The van der Waals surface area contributed by atoms with Gasteiger partial charge in [0.25, 0.3) is 0 Å². The van der Waals surface area contributed by atoms with Gasteiger partial charge in [-0.1, -0.05) is 12.1 Å². The van der Waals surface area contributed by atoms with Gasteiger partial charge in [-0.25, -0.2) is 0 Å². The zero-order valence-corrected chi connectivity index (χ0v) is 11.1. The van der Waals surface area contributed by atoms with E-state index in [9.17, 15) is 0 Å². The van der Waals surface area contributed by atoms with Crippen molar-refractivity contribution < 1.29 is 4.74 Å². The van der Waals surface area contributed by atoms with Crippen LogP contribution in [0.2, 0.25) is 0 Å². The predicted molar refractivity (Wildman–Crippen MR) is 72.3 cm³/mol. The van der Waals surface area contributed by atoms with Gasteiger partial charge in [0.2, 0.25) is 0 Å². The molecular formula is C16H21NO. The SMILES string of the molecule is CCOCC1CCC(c2ccc(C#N)cc2)CC1. The zero-order valence-electron chi connectivity index (χ0n) is 11.1. The standard InChI is InChI=1S/C16H21NO/c1-2-18-12-14-5-9-16(10-6-14)15-7-3-13(11-17)4-8-15/h3-4,7-8,14,16H,2,5-6,9-10,12H2,1H3. The van der Waals surface area contributed by atoms with Crippen molar-refractivity contribution in [2.45, 2.75) is 38.5 Å². The van der Waals surface area contributed by atoms with Crippen LogP contribution in [0.5, 0.6) is 0 Å². The van der Waals surface area contributed by atoms with E-state index in [0.717, 1.165) is 24.7 Å². The lowest BCUT2D eigenvalue weighted by Crippen LogP contribution is -2.17. The molecule has 0 N–H and O–H groups in total. The van der Waals surface area contributed by atoms with Crippen LogP contribution in [0.15, 0.2) is 24.3 Å². The van der Waals surface area contributed by atoms with Crippen molar-refractivity contribution in [1.29, 1.82) is 5.26 Å². The fourth-order valence-electron chi connectivity index (χ4n) is 2.78. The summed E-state index contributed by atoms with van der Waals surface area (Å²) in [4.78, 5) is 0. The summed E-state index contributed by atoms with van der Waals surface area (Å²) in [6.45, 7) is 3.81. The van der Waals surface area contributed by atoms with Crippen LogP contribution in [0.3, 0.4) is 0 Å². The zero-order chi connectivity index (χ0) is 12.8. The largest absolute Gasteiger partial charge is 0.381 e. The lowest BCUT2D eigenvalue weighted by Gasteiger charge is -2.28. The molecule has 0 radical (unpaired) electrons. The van der Waals surface area contributed by atoms with Crippen LogP contribution >= 0.6 is 0 Å². The molecule has 0 unspecified atom stereocenters. The van der Waals surface area contributed by atoms with Gasteiger partial charge in [0.1, 0.15) is 0 Å². The first-order valence-corrected chi connectivity index (χ1v) is 6.91. The number of nitriles is 1. The fraction of sp³-hybridized carbons (Fsp3) is 0.562. The fourth-order valence-corrected chi connectivity index (χ4v) is 2.78. The van der Waals surface area contributed by atoms with Crippen molar-refractivity contribution in [3.05, 3.63) is 35.4 Å². The third-order valence-corrected chi connectivity index (χ3v) is 3.92. The molecule has 1 saturated carbocycles. The molecule has 96 valence electrons. The van der Waals surface area contributed by atoms with E-state index in [0.29, 0.717) is 5.92 Å². The van der Waals surface area contributed by atoms with E-state index in [4.69, 9.17) is 10.00 Å². The van der Waals surface area contributed by atoms with Crippen LogP contribution in [0.25, 0.3) is 0 Å². The van der Waals surface area contributed by atoms with Gasteiger partial charge in [0, 0.05) is 13.2 Å². The molecule has 1 aromatic carbocycles. The van der Waals surface area contributed by atoms with E-state index in [2.05, 4.69) is 25.1 Å². The van der Waals surface area contributed by atoms with Crippen LogP contribution in [-0.2, 0) is 4.74 Å². The summed E-state index contributed by atoms with van der Waals surface area (Å²) in [7, 11) is 0. The summed E-state index contributed by atoms with van der Waals surface area (Å²) < 4.78 is 5.51. The Morgan fingerprint density at radius 1 is 1.17 bits per heavy atom. The normalized spacial score (nSPS) is 23.6. The average molecular weight is 243 g/mol. The van der Waals surface area contributed by atoms with Gasteiger partial charge in [-0.05, 0) is 62.1 Å². The minimum atomic E-state index is 0.676. The van der Waals surface area contributed by atoms with Crippen LogP contribution in [0, 0.1) is 17.2 Å². The van der Waals surface area contributed by atoms with E-state index in [1.165, 1.54) is 31.2 Å². The summed E-state index contributed by atoms with van der Waals surface area (Å²) >= 11 is 0. The molecule has 1 aromatic rings. The second-order valence-corrected chi connectivity index (χ2v) is 5.11. The minimum absolute atomic E-state index is 0.676. The molecule has 18 heavy (non-hydrogen) atoms. The summed E-state index contributed by atoms with van der Waals surface area (Å²) in [5.74, 6) is 1.43. The van der Waals surface area contributed by atoms with E-state index < -0.39 is 0 Å². The minimum Gasteiger partial charge on any atom is -0.381 e. The van der Waals surface area contributed by atoms with Crippen molar-refractivity contribution in [2.75, 3.05) is 13.2 Å². The number of rotatable bonds is 4. The average Bonchev–Trinajstić information content (AvgIpc) is 2.46. The highest BCUT2D eigenvalue weighted by molar-refractivity contribution is 5.33. The Bertz CT molecular complexity index is 396. The molecule has 0 atom stereocenters. The molecular weight excluding hydrogens is 222 g/mol. The highest BCUT2D eigenvalue weighted by Gasteiger charge is 2.22. The highest BCUT2D eigenvalue weighted by atomic mass is 16.5. The Balaban J connectivity index is 1.87. The molecule has 0 spiro atoms. The van der Waals surface area contributed by atoms with Crippen molar-refractivity contribution in [2.24, 2.45) is 5.92 Å². The molecule has 2 nitrogen and oxygen atoms in total. The second-order valence-electron chi connectivity index (χ2n) is 5.11. The smallest absolute Gasteiger partial charge is 0.0991 e. The number of hydrogen-bond acceptors (Lipinski definition) is 2. The third kappa shape index (κ3) is 3.34. The second kappa shape index (κ2) is 6.56. The summed E-state index contributed by atoms with van der Waals surface area (Å²) in [5, 5.41) is 8.79. The first-order valence-electron chi connectivity index (χ1n) is 6.91. The topological polar surface area (TPSA) is 33.0 Å². The Morgan fingerprint density at radius 3 is 2.39 bits per heavy atom. The predicted octanol–water partition coefficient (Wildman–Crippen LogP) is 3.87. The Labute approximate surface area is 110 Å². The van der Waals surface area contributed by atoms with Gasteiger partial charge < -0.3 is 4.74 Å². The molecule has 0 aromatic heterocycles. The number of nitrogens with zero attached hydrogens (tertiary/aromatic N) is 1. The van der Waals surface area contributed by atoms with Crippen molar-refractivity contribution in [3.63, 3.8) is 0 Å². The van der Waals surface area contributed by atoms with Crippen LogP contribution in [0.4, 0.5) is 0 Å². The summed E-state index contributed by atoms with van der Waals surface area (Å²) in [5.41, 5.74) is 2.15. The maximum Gasteiger partial charge on any atom is 0.0991 e.